The van der Waals surface area contributed by atoms with Crippen LogP contribution in [0.15, 0.2) is 0 Å². The van der Waals surface area contributed by atoms with Gasteiger partial charge in [0, 0.05) is 19.4 Å². The molecule has 4 N–H and O–H groups in total. The fourth-order valence-electron chi connectivity index (χ4n) is 5.40. The van der Waals surface area contributed by atoms with E-state index in [-0.39, 0.29) is 31.1 Å². The maximum atomic E-state index is 14.6. The molecule has 1 aliphatic rings. The lowest BCUT2D eigenvalue weighted by Crippen LogP contribution is -2.69. The molecule has 0 aliphatic carbocycles. The first-order chi connectivity index (χ1) is 20.7. The van der Waals surface area contributed by atoms with Crippen LogP contribution in [0.5, 0.6) is 0 Å². The molecule has 0 aromatic carbocycles. The zero-order chi connectivity index (χ0) is 34.8. The second-order valence-electron chi connectivity index (χ2n) is 14.4. The van der Waals surface area contributed by atoms with Gasteiger partial charge in [-0.3, -0.25) is 19.3 Å². The highest BCUT2D eigenvalue weighted by Gasteiger charge is 2.55. The van der Waals surface area contributed by atoms with Crippen molar-refractivity contribution in [3.05, 3.63) is 0 Å². The zero-order valence-electron chi connectivity index (χ0n) is 29.9. The molecule has 45 heavy (non-hydrogen) atoms. The molecule has 12 heteroatoms. The molecule has 262 valence electrons. The summed E-state index contributed by atoms with van der Waals surface area (Å²) in [5, 5.41) is 5.93. The summed E-state index contributed by atoms with van der Waals surface area (Å²) >= 11 is 1.51. The minimum atomic E-state index is -1.65. The fourth-order valence-corrected chi connectivity index (χ4v) is 5.94. The number of imide groups is 1. The summed E-state index contributed by atoms with van der Waals surface area (Å²) in [7, 11) is 0. The average molecular weight is 659 g/mol. The molecule has 0 bridgehead atoms. The van der Waals surface area contributed by atoms with Crippen LogP contribution in [-0.4, -0.2) is 88.5 Å². The van der Waals surface area contributed by atoms with Crippen LogP contribution in [0.25, 0.3) is 0 Å². The SMILES string of the molecule is CCCCNC(=O)[C@@](CCSC)(C[C@H]1OC(C)(C)O[C@H](C)[C@@H]1NC(=O)OC(C)(C)C)N(C(=O)CCC(C)C)C(=O)[C@H](N)C(C)C. The Morgan fingerprint density at radius 2 is 1.71 bits per heavy atom. The lowest BCUT2D eigenvalue weighted by molar-refractivity contribution is -0.309. The molecule has 4 amide bonds. The van der Waals surface area contributed by atoms with Crippen LogP contribution in [0, 0.1) is 11.8 Å². The highest BCUT2D eigenvalue weighted by Crippen LogP contribution is 2.37. The zero-order valence-corrected chi connectivity index (χ0v) is 30.7. The van der Waals surface area contributed by atoms with Gasteiger partial charge in [-0.15, -0.1) is 0 Å². The molecular weight excluding hydrogens is 596 g/mol. The third-order valence-corrected chi connectivity index (χ3v) is 8.44. The molecule has 1 aliphatic heterocycles. The van der Waals surface area contributed by atoms with Crippen LogP contribution < -0.4 is 16.4 Å². The van der Waals surface area contributed by atoms with Crippen molar-refractivity contribution in [2.45, 2.75) is 156 Å². The van der Waals surface area contributed by atoms with E-state index < -0.39 is 65.0 Å². The number of carbonyl (C=O) groups excluding carboxylic acids is 4. The Hall–Kier alpha value is -1.89. The van der Waals surface area contributed by atoms with Crippen LogP contribution in [0.4, 0.5) is 4.79 Å². The Morgan fingerprint density at radius 3 is 2.22 bits per heavy atom. The minimum Gasteiger partial charge on any atom is -0.444 e. The van der Waals surface area contributed by atoms with Gasteiger partial charge in [0.15, 0.2) is 5.79 Å². The van der Waals surface area contributed by atoms with Gasteiger partial charge in [0.05, 0.1) is 24.3 Å². The van der Waals surface area contributed by atoms with Crippen molar-refractivity contribution in [2.24, 2.45) is 17.6 Å². The van der Waals surface area contributed by atoms with Crippen molar-refractivity contribution in [3.8, 4) is 0 Å². The van der Waals surface area contributed by atoms with E-state index in [1.54, 1.807) is 34.6 Å². The van der Waals surface area contributed by atoms with Crippen LogP contribution in [-0.2, 0) is 28.6 Å². The first kappa shape index (κ1) is 41.1. The third kappa shape index (κ3) is 12.7. The Kier molecular flexibility index (Phi) is 16.3. The third-order valence-electron chi connectivity index (χ3n) is 7.83. The number of nitrogens with two attached hydrogens (primary N) is 1. The molecule has 0 radical (unpaired) electrons. The van der Waals surface area contributed by atoms with Crippen molar-refractivity contribution >= 4 is 35.6 Å². The normalized spacial score (nSPS) is 22.0. The van der Waals surface area contributed by atoms with Crippen LogP contribution >= 0.6 is 11.8 Å². The molecule has 5 atom stereocenters. The number of nitrogens with zero attached hydrogens (tertiary/aromatic N) is 1. The number of ether oxygens (including phenoxy) is 3. The smallest absolute Gasteiger partial charge is 0.408 e. The number of carbonyl (C=O) groups is 4. The summed E-state index contributed by atoms with van der Waals surface area (Å²) in [6.45, 7) is 20.7. The second kappa shape index (κ2) is 17.9. The highest BCUT2D eigenvalue weighted by molar-refractivity contribution is 7.98. The quantitative estimate of drug-likeness (QED) is 0.195. The summed E-state index contributed by atoms with van der Waals surface area (Å²) in [4.78, 5) is 57.3. The number of thioether (sulfide) groups is 1. The standard InChI is InChI=1S/C33H62N4O7S/c1-13-14-18-35-29(40)33(17-19-45-12,37(25(38)16-15-21(2)3)28(39)26(34)22(4)5)20-24-27(23(6)42-32(10,11)43-24)36-30(41)44-31(7,8)9/h21-24,26-27H,13-20,34H2,1-12H3,(H,35,40)(H,36,41)/t23-,24-,26-,27+,33-/m1/s1. The molecular formula is C33H62N4O7S. The van der Waals surface area contributed by atoms with E-state index in [1.807, 2.05) is 47.8 Å². The topological polar surface area (TPSA) is 149 Å². The monoisotopic (exact) mass is 658 g/mol. The summed E-state index contributed by atoms with van der Waals surface area (Å²) in [5.74, 6) is -2.17. The van der Waals surface area contributed by atoms with E-state index in [2.05, 4.69) is 10.6 Å². The van der Waals surface area contributed by atoms with Gasteiger partial charge in [-0.25, -0.2) is 4.79 Å². The van der Waals surface area contributed by atoms with Crippen molar-refractivity contribution < 1.29 is 33.4 Å². The lowest BCUT2D eigenvalue weighted by atomic mass is 9.81. The van der Waals surface area contributed by atoms with Gasteiger partial charge in [-0.2, -0.15) is 11.8 Å². The summed E-state index contributed by atoms with van der Waals surface area (Å²) in [6.07, 6.45) is 2.15. The summed E-state index contributed by atoms with van der Waals surface area (Å²) in [5.41, 5.74) is 4.04. The van der Waals surface area contributed by atoms with Crippen LogP contribution in [0.2, 0.25) is 0 Å². The Bertz CT molecular complexity index is 985. The van der Waals surface area contributed by atoms with E-state index in [0.29, 0.717) is 18.7 Å². The predicted molar refractivity (Wildman–Crippen MR) is 180 cm³/mol. The number of hydrogen-bond acceptors (Lipinski definition) is 9. The number of nitrogens with one attached hydrogen (secondary N) is 2. The van der Waals surface area contributed by atoms with Gasteiger partial charge in [-0.1, -0.05) is 41.0 Å². The number of rotatable bonds is 16. The van der Waals surface area contributed by atoms with Crippen molar-refractivity contribution in [3.63, 3.8) is 0 Å². The number of alkyl carbamates (subject to hydrolysis) is 1. The molecule has 1 fully saturated rings. The van der Waals surface area contributed by atoms with Gasteiger partial charge in [-0.05, 0) is 84.6 Å². The molecule has 0 aromatic heterocycles. The molecule has 0 spiro atoms. The van der Waals surface area contributed by atoms with Gasteiger partial charge < -0.3 is 30.6 Å². The van der Waals surface area contributed by atoms with Gasteiger partial charge in [0.2, 0.25) is 17.7 Å². The Labute approximate surface area is 276 Å². The molecule has 0 unspecified atom stereocenters. The molecule has 1 heterocycles. The molecule has 0 aromatic rings. The maximum absolute atomic E-state index is 14.6. The van der Waals surface area contributed by atoms with Gasteiger partial charge >= 0.3 is 6.09 Å². The number of hydrogen-bond donors (Lipinski definition) is 3. The molecule has 1 saturated heterocycles. The predicted octanol–water partition coefficient (Wildman–Crippen LogP) is 4.99. The van der Waals surface area contributed by atoms with Crippen molar-refractivity contribution in [1.82, 2.24) is 15.5 Å². The van der Waals surface area contributed by atoms with Crippen molar-refractivity contribution in [2.75, 3.05) is 18.6 Å². The van der Waals surface area contributed by atoms with E-state index >= 15 is 0 Å². The highest BCUT2D eigenvalue weighted by atomic mass is 32.2. The van der Waals surface area contributed by atoms with E-state index in [1.165, 1.54) is 11.8 Å². The summed E-state index contributed by atoms with van der Waals surface area (Å²) in [6, 6.07) is -1.77. The van der Waals surface area contributed by atoms with Crippen LogP contribution in [0.3, 0.4) is 0 Å². The molecule has 11 nitrogen and oxygen atoms in total. The van der Waals surface area contributed by atoms with E-state index in [9.17, 15) is 19.2 Å². The number of amides is 4. The van der Waals surface area contributed by atoms with E-state index in [0.717, 1.165) is 17.7 Å². The maximum Gasteiger partial charge on any atom is 0.408 e. The largest absolute Gasteiger partial charge is 0.444 e. The Morgan fingerprint density at radius 1 is 1.09 bits per heavy atom. The van der Waals surface area contributed by atoms with Crippen LogP contribution in [0.1, 0.15) is 115 Å². The number of unbranched alkanes of at least 4 members (excludes halogenated alkanes) is 1. The van der Waals surface area contributed by atoms with Crippen molar-refractivity contribution in [1.29, 1.82) is 0 Å². The minimum absolute atomic E-state index is 0.0763. The van der Waals surface area contributed by atoms with Gasteiger partial charge in [0.1, 0.15) is 11.1 Å². The summed E-state index contributed by atoms with van der Waals surface area (Å²) < 4.78 is 18.1. The Balaban J connectivity index is 3.93. The fraction of sp³-hybridized carbons (Fsp3) is 0.879. The lowest BCUT2D eigenvalue weighted by Gasteiger charge is -2.50. The van der Waals surface area contributed by atoms with Gasteiger partial charge in [0.25, 0.3) is 0 Å². The first-order valence-electron chi connectivity index (χ1n) is 16.5. The first-order valence-corrected chi connectivity index (χ1v) is 17.9. The molecule has 1 rings (SSSR count). The molecule has 0 saturated carbocycles. The average Bonchev–Trinajstić information content (AvgIpc) is 2.90. The second-order valence-corrected chi connectivity index (χ2v) is 15.4. The van der Waals surface area contributed by atoms with E-state index in [4.69, 9.17) is 19.9 Å².